The fraction of sp³-hybridized carbons (Fsp3) is 0.345. The molecule has 0 amide bonds. The zero-order valence-electron chi connectivity index (χ0n) is 19.5. The van der Waals surface area contributed by atoms with Crippen LogP contribution in [0.4, 0.5) is 0 Å². The van der Waals surface area contributed by atoms with Crippen molar-refractivity contribution in [2.24, 2.45) is 5.41 Å². The molecule has 0 atom stereocenters. The number of hydrogen-bond acceptors (Lipinski definition) is 1. The second-order valence-electron chi connectivity index (χ2n) is 10.0. The quantitative estimate of drug-likeness (QED) is 0.452. The molecular formula is C29H34O2. The third kappa shape index (κ3) is 3.29. The summed E-state index contributed by atoms with van der Waals surface area (Å²) in [6.45, 7) is 12.5. The number of rotatable bonds is 7. The van der Waals surface area contributed by atoms with E-state index in [-0.39, 0.29) is 0 Å². The van der Waals surface area contributed by atoms with E-state index in [1.807, 2.05) is 54.6 Å². The van der Waals surface area contributed by atoms with Crippen LogP contribution in [-0.2, 0) is 21.0 Å². The third-order valence-corrected chi connectivity index (χ3v) is 7.62. The molecular weight excluding hydrogens is 380 g/mol. The highest BCUT2D eigenvalue weighted by atomic mass is 16.4. The second kappa shape index (κ2) is 8.00. The van der Waals surface area contributed by atoms with Crippen LogP contribution in [0, 0.1) is 5.41 Å². The first-order valence-corrected chi connectivity index (χ1v) is 10.9. The Hall–Kier alpha value is -2.87. The van der Waals surface area contributed by atoms with Crippen LogP contribution in [0.3, 0.4) is 0 Å². The number of hydrogen-bond donors (Lipinski definition) is 1. The van der Waals surface area contributed by atoms with Gasteiger partial charge in [-0.3, -0.25) is 4.79 Å². The van der Waals surface area contributed by atoms with Crippen molar-refractivity contribution in [1.29, 1.82) is 0 Å². The molecule has 0 saturated carbocycles. The Labute approximate surface area is 187 Å². The van der Waals surface area contributed by atoms with Gasteiger partial charge < -0.3 is 5.11 Å². The Bertz CT molecular complexity index is 891. The largest absolute Gasteiger partial charge is 0.481 e. The minimum absolute atomic E-state index is 0.696. The van der Waals surface area contributed by atoms with Crippen LogP contribution < -0.4 is 0 Å². The molecule has 0 aliphatic heterocycles. The van der Waals surface area contributed by atoms with Gasteiger partial charge in [0.1, 0.15) is 0 Å². The van der Waals surface area contributed by atoms with Crippen molar-refractivity contribution >= 4 is 5.97 Å². The van der Waals surface area contributed by atoms with E-state index in [2.05, 4.69) is 77.9 Å². The summed E-state index contributed by atoms with van der Waals surface area (Å²) in [5.41, 5.74) is -0.214. The molecule has 0 radical (unpaired) electrons. The highest BCUT2D eigenvalue weighted by molar-refractivity contribution is 5.82. The van der Waals surface area contributed by atoms with Crippen LogP contribution in [0.15, 0.2) is 91.0 Å². The lowest BCUT2D eigenvalue weighted by Crippen LogP contribution is -2.67. The van der Waals surface area contributed by atoms with E-state index in [1.54, 1.807) is 0 Å². The van der Waals surface area contributed by atoms with Gasteiger partial charge in [0.05, 0.1) is 5.41 Å². The van der Waals surface area contributed by atoms with E-state index in [4.69, 9.17) is 0 Å². The maximum Gasteiger partial charge on any atom is 0.312 e. The van der Waals surface area contributed by atoms with Crippen molar-refractivity contribution in [3.63, 3.8) is 0 Å². The molecule has 3 aromatic rings. The third-order valence-electron chi connectivity index (χ3n) is 7.62. The predicted octanol–water partition coefficient (Wildman–Crippen LogP) is 6.99. The summed E-state index contributed by atoms with van der Waals surface area (Å²) in [4.78, 5) is 13.7. The molecule has 0 unspecified atom stereocenters. The Morgan fingerprint density at radius 3 is 0.935 bits per heavy atom. The zero-order valence-corrected chi connectivity index (χ0v) is 19.5. The average Bonchev–Trinajstić information content (AvgIpc) is 2.75. The standard InChI is InChI=1S/C29H34O2/c1-26(2,22-16-10-7-11-17-22)29(25(30)31,27(3,4)23-18-12-8-13-19-23)28(5,6)24-20-14-9-15-21-24/h7-21H,1-6H3,(H,30,31). The Kier molecular flexibility index (Phi) is 5.88. The van der Waals surface area contributed by atoms with Gasteiger partial charge in [-0.15, -0.1) is 0 Å². The van der Waals surface area contributed by atoms with Crippen molar-refractivity contribution in [2.75, 3.05) is 0 Å². The van der Waals surface area contributed by atoms with Crippen LogP contribution in [0.1, 0.15) is 58.2 Å². The highest BCUT2D eigenvalue weighted by Gasteiger charge is 2.68. The number of carboxylic acids is 1. The molecule has 3 rings (SSSR count). The van der Waals surface area contributed by atoms with Gasteiger partial charge in [-0.2, -0.15) is 0 Å². The first-order chi connectivity index (χ1) is 14.5. The lowest BCUT2D eigenvalue weighted by atomic mass is 9.39. The van der Waals surface area contributed by atoms with Crippen LogP contribution in [0.25, 0.3) is 0 Å². The number of carbonyl (C=O) groups is 1. The van der Waals surface area contributed by atoms with Gasteiger partial charge in [0.15, 0.2) is 0 Å². The summed E-state index contributed by atoms with van der Waals surface area (Å²) in [5.74, 6) is -0.788. The molecule has 3 aromatic carbocycles. The summed E-state index contributed by atoms with van der Waals surface area (Å²) in [5, 5.41) is 11.2. The van der Waals surface area contributed by atoms with Crippen molar-refractivity contribution in [3.05, 3.63) is 108 Å². The van der Waals surface area contributed by atoms with E-state index in [9.17, 15) is 9.90 Å². The van der Waals surface area contributed by atoms with Gasteiger partial charge in [-0.25, -0.2) is 0 Å². The molecule has 0 bridgehead atoms. The molecule has 31 heavy (non-hydrogen) atoms. The number of aliphatic carboxylic acids is 1. The molecule has 0 saturated heterocycles. The molecule has 0 heterocycles. The van der Waals surface area contributed by atoms with Gasteiger partial charge in [-0.1, -0.05) is 133 Å². The van der Waals surface area contributed by atoms with E-state index in [0.29, 0.717) is 0 Å². The van der Waals surface area contributed by atoms with Gasteiger partial charge in [-0.05, 0) is 16.7 Å². The smallest absolute Gasteiger partial charge is 0.312 e. The zero-order chi connectivity index (χ0) is 22.9. The maximum atomic E-state index is 13.7. The summed E-state index contributed by atoms with van der Waals surface area (Å²) in [6.07, 6.45) is 0. The normalized spacial score (nSPS) is 13.1. The van der Waals surface area contributed by atoms with Crippen LogP contribution in [0.2, 0.25) is 0 Å². The first-order valence-electron chi connectivity index (χ1n) is 10.9. The second-order valence-corrected chi connectivity index (χ2v) is 10.0. The predicted molar refractivity (Wildman–Crippen MR) is 128 cm³/mol. The van der Waals surface area contributed by atoms with E-state index < -0.39 is 27.6 Å². The lowest BCUT2D eigenvalue weighted by Gasteiger charge is -2.61. The van der Waals surface area contributed by atoms with Crippen LogP contribution in [0.5, 0.6) is 0 Å². The molecule has 1 N–H and O–H groups in total. The summed E-state index contributed by atoms with van der Waals surface area (Å²) < 4.78 is 0. The van der Waals surface area contributed by atoms with Crippen molar-refractivity contribution in [1.82, 2.24) is 0 Å². The Balaban J connectivity index is 2.47. The molecule has 0 aliphatic rings. The summed E-state index contributed by atoms with van der Waals surface area (Å²) >= 11 is 0. The molecule has 162 valence electrons. The highest BCUT2D eigenvalue weighted by Crippen LogP contribution is 2.63. The first kappa shape index (κ1) is 22.8. The van der Waals surface area contributed by atoms with Gasteiger partial charge in [0.2, 0.25) is 0 Å². The maximum absolute atomic E-state index is 13.7. The van der Waals surface area contributed by atoms with Crippen molar-refractivity contribution in [3.8, 4) is 0 Å². The number of carboxylic acid groups (broad SMARTS) is 1. The van der Waals surface area contributed by atoms with Crippen LogP contribution >= 0.6 is 0 Å². The average molecular weight is 415 g/mol. The molecule has 0 spiro atoms. The Morgan fingerprint density at radius 2 is 0.742 bits per heavy atom. The topological polar surface area (TPSA) is 37.3 Å². The van der Waals surface area contributed by atoms with Crippen LogP contribution in [-0.4, -0.2) is 11.1 Å². The SMILES string of the molecule is CC(C)(c1ccccc1)C(C(=O)O)(C(C)(C)c1ccccc1)C(C)(C)c1ccccc1. The van der Waals surface area contributed by atoms with Gasteiger partial charge in [0, 0.05) is 16.2 Å². The van der Waals surface area contributed by atoms with Gasteiger partial charge in [0.25, 0.3) is 0 Å². The van der Waals surface area contributed by atoms with Gasteiger partial charge >= 0.3 is 5.97 Å². The van der Waals surface area contributed by atoms with Crippen molar-refractivity contribution < 1.29 is 9.90 Å². The van der Waals surface area contributed by atoms with E-state index >= 15 is 0 Å². The van der Waals surface area contributed by atoms with Crippen molar-refractivity contribution in [2.45, 2.75) is 57.8 Å². The lowest BCUT2D eigenvalue weighted by molar-refractivity contribution is -0.168. The van der Waals surface area contributed by atoms with E-state index in [0.717, 1.165) is 16.7 Å². The summed E-state index contributed by atoms with van der Waals surface area (Å²) in [6, 6.07) is 30.2. The fourth-order valence-corrected chi connectivity index (χ4v) is 6.36. The molecule has 2 heteroatoms. The molecule has 0 aliphatic carbocycles. The molecule has 0 fully saturated rings. The Morgan fingerprint density at radius 1 is 0.516 bits per heavy atom. The molecule has 2 nitrogen and oxygen atoms in total. The summed E-state index contributed by atoms with van der Waals surface area (Å²) in [7, 11) is 0. The van der Waals surface area contributed by atoms with E-state index in [1.165, 1.54) is 0 Å². The molecule has 0 aromatic heterocycles. The monoisotopic (exact) mass is 414 g/mol. The fourth-order valence-electron chi connectivity index (χ4n) is 6.36. The number of benzene rings is 3. The minimum atomic E-state index is -1.18. The minimum Gasteiger partial charge on any atom is -0.481 e.